The molecule has 1 fully saturated rings. The topological polar surface area (TPSA) is 75.5 Å². The number of urea groups is 1. The summed E-state index contributed by atoms with van der Waals surface area (Å²) in [7, 11) is 1.68. The lowest BCUT2D eigenvalue weighted by molar-refractivity contribution is 0.167. The van der Waals surface area contributed by atoms with Crippen molar-refractivity contribution in [3.8, 4) is 0 Å². The molecule has 0 atom stereocenters. The van der Waals surface area contributed by atoms with Crippen molar-refractivity contribution in [3.63, 3.8) is 0 Å². The van der Waals surface area contributed by atoms with Gasteiger partial charge in [-0.1, -0.05) is 18.9 Å². The van der Waals surface area contributed by atoms with Crippen LogP contribution in [0.3, 0.4) is 0 Å². The van der Waals surface area contributed by atoms with E-state index in [1.807, 2.05) is 30.5 Å². The SMILES string of the molecule is COCCn1ccc2ccc(NC(=O)NC3(CO)CCCC3)cc21. The molecule has 1 aromatic carbocycles. The third-order valence-corrected chi connectivity index (χ3v) is 4.81. The molecule has 0 spiro atoms. The second kappa shape index (κ2) is 7.23. The molecule has 1 saturated carbocycles. The standard InChI is InChI=1S/C18H25N3O3/c1-24-11-10-21-9-6-14-4-5-15(12-16(14)21)19-17(23)20-18(13-22)7-2-3-8-18/h4-6,9,12,22H,2-3,7-8,10-11,13H2,1H3,(H2,19,20,23). The average molecular weight is 331 g/mol. The monoisotopic (exact) mass is 331 g/mol. The van der Waals surface area contributed by atoms with Crippen molar-refractivity contribution in [2.75, 3.05) is 25.6 Å². The fourth-order valence-corrected chi connectivity index (χ4v) is 3.42. The molecule has 3 rings (SSSR count). The lowest BCUT2D eigenvalue weighted by Crippen LogP contribution is -2.50. The second-order valence-corrected chi connectivity index (χ2v) is 6.50. The summed E-state index contributed by atoms with van der Waals surface area (Å²) in [6, 6.07) is 7.63. The first kappa shape index (κ1) is 16.8. The number of rotatable bonds is 6. The maximum Gasteiger partial charge on any atom is 0.319 e. The molecule has 0 radical (unpaired) electrons. The molecule has 2 amide bonds. The minimum atomic E-state index is -0.465. The minimum Gasteiger partial charge on any atom is -0.394 e. The van der Waals surface area contributed by atoms with Crippen LogP contribution in [0.4, 0.5) is 10.5 Å². The largest absolute Gasteiger partial charge is 0.394 e. The molecule has 1 aromatic heterocycles. The number of anilines is 1. The quantitative estimate of drug-likeness (QED) is 0.762. The summed E-state index contributed by atoms with van der Waals surface area (Å²) in [5.41, 5.74) is 1.33. The highest BCUT2D eigenvalue weighted by atomic mass is 16.5. The van der Waals surface area contributed by atoms with Crippen LogP contribution >= 0.6 is 0 Å². The van der Waals surface area contributed by atoms with Gasteiger partial charge in [-0.3, -0.25) is 0 Å². The van der Waals surface area contributed by atoms with Crippen molar-refractivity contribution in [2.24, 2.45) is 0 Å². The van der Waals surface area contributed by atoms with Crippen LogP contribution in [0.1, 0.15) is 25.7 Å². The Morgan fingerprint density at radius 2 is 2.12 bits per heavy atom. The van der Waals surface area contributed by atoms with E-state index >= 15 is 0 Å². The molecule has 0 unspecified atom stereocenters. The number of ether oxygens (including phenoxy) is 1. The summed E-state index contributed by atoms with van der Waals surface area (Å²) in [5.74, 6) is 0. The van der Waals surface area contributed by atoms with Gasteiger partial charge in [0, 0.05) is 25.5 Å². The number of carbonyl (C=O) groups excluding carboxylic acids is 1. The molecule has 0 aliphatic heterocycles. The van der Waals surface area contributed by atoms with Gasteiger partial charge >= 0.3 is 6.03 Å². The van der Waals surface area contributed by atoms with E-state index in [0.717, 1.165) is 48.8 Å². The van der Waals surface area contributed by atoms with Crippen LogP contribution in [0.25, 0.3) is 10.9 Å². The van der Waals surface area contributed by atoms with Crippen LogP contribution in [-0.2, 0) is 11.3 Å². The van der Waals surface area contributed by atoms with Crippen molar-refractivity contribution in [3.05, 3.63) is 30.5 Å². The van der Waals surface area contributed by atoms with Crippen molar-refractivity contribution in [1.82, 2.24) is 9.88 Å². The van der Waals surface area contributed by atoms with Crippen LogP contribution < -0.4 is 10.6 Å². The van der Waals surface area contributed by atoms with Gasteiger partial charge in [0.1, 0.15) is 0 Å². The molecule has 24 heavy (non-hydrogen) atoms. The number of aromatic nitrogens is 1. The van der Waals surface area contributed by atoms with E-state index in [9.17, 15) is 9.90 Å². The first-order valence-electron chi connectivity index (χ1n) is 8.44. The Balaban J connectivity index is 1.71. The van der Waals surface area contributed by atoms with E-state index in [2.05, 4.69) is 15.2 Å². The third kappa shape index (κ3) is 3.55. The van der Waals surface area contributed by atoms with Crippen molar-refractivity contribution in [2.45, 2.75) is 37.8 Å². The number of amides is 2. The molecule has 6 nitrogen and oxygen atoms in total. The van der Waals surface area contributed by atoms with Gasteiger partial charge in [0.15, 0.2) is 0 Å². The molecule has 2 aromatic rings. The number of hydrogen-bond acceptors (Lipinski definition) is 3. The van der Waals surface area contributed by atoms with Gasteiger partial charge in [-0.2, -0.15) is 0 Å². The van der Waals surface area contributed by atoms with Crippen molar-refractivity contribution in [1.29, 1.82) is 0 Å². The Morgan fingerprint density at radius 1 is 1.33 bits per heavy atom. The number of fused-ring (bicyclic) bond motifs is 1. The number of nitrogens with one attached hydrogen (secondary N) is 2. The zero-order valence-electron chi connectivity index (χ0n) is 14.0. The zero-order chi connectivity index (χ0) is 17.0. The number of benzene rings is 1. The first-order chi connectivity index (χ1) is 11.7. The van der Waals surface area contributed by atoms with E-state index in [4.69, 9.17) is 4.74 Å². The van der Waals surface area contributed by atoms with Crippen LogP contribution in [0.2, 0.25) is 0 Å². The predicted octanol–water partition coefficient (Wildman–Crippen LogP) is 2.71. The summed E-state index contributed by atoms with van der Waals surface area (Å²) < 4.78 is 7.24. The lowest BCUT2D eigenvalue weighted by Gasteiger charge is -2.28. The molecule has 1 aliphatic carbocycles. The van der Waals surface area contributed by atoms with Gasteiger partial charge in [0.25, 0.3) is 0 Å². The molecular formula is C18H25N3O3. The highest BCUT2D eigenvalue weighted by Crippen LogP contribution is 2.29. The average Bonchev–Trinajstić information content (AvgIpc) is 3.20. The molecule has 3 N–H and O–H groups in total. The van der Waals surface area contributed by atoms with Crippen LogP contribution in [0.15, 0.2) is 30.5 Å². The van der Waals surface area contributed by atoms with Gasteiger partial charge in [0.2, 0.25) is 0 Å². The van der Waals surface area contributed by atoms with Crippen LogP contribution in [-0.4, -0.2) is 41.6 Å². The lowest BCUT2D eigenvalue weighted by atomic mass is 9.99. The third-order valence-electron chi connectivity index (χ3n) is 4.81. The predicted molar refractivity (Wildman–Crippen MR) is 94.3 cm³/mol. The number of methoxy groups -OCH3 is 1. The summed E-state index contributed by atoms with van der Waals surface area (Å²) >= 11 is 0. The zero-order valence-corrected chi connectivity index (χ0v) is 14.0. The Morgan fingerprint density at radius 3 is 2.83 bits per heavy atom. The number of carbonyl (C=O) groups is 1. The molecule has 0 saturated heterocycles. The fraction of sp³-hybridized carbons (Fsp3) is 0.500. The Bertz CT molecular complexity index is 705. The van der Waals surface area contributed by atoms with Gasteiger partial charge in [-0.25, -0.2) is 4.79 Å². The van der Waals surface area contributed by atoms with Gasteiger partial charge < -0.3 is 25.0 Å². The van der Waals surface area contributed by atoms with Gasteiger partial charge in [0.05, 0.1) is 24.3 Å². The molecule has 130 valence electrons. The van der Waals surface area contributed by atoms with Crippen LogP contribution in [0, 0.1) is 0 Å². The van der Waals surface area contributed by atoms with Gasteiger partial charge in [-0.15, -0.1) is 0 Å². The molecular weight excluding hydrogens is 306 g/mol. The first-order valence-corrected chi connectivity index (χ1v) is 8.44. The fourth-order valence-electron chi connectivity index (χ4n) is 3.42. The molecule has 1 aliphatic rings. The van der Waals surface area contributed by atoms with E-state index in [1.165, 1.54) is 0 Å². The van der Waals surface area contributed by atoms with Gasteiger partial charge in [-0.05, 0) is 36.4 Å². The summed E-state index contributed by atoms with van der Waals surface area (Å²) in [5, 5.41) is 16.6. The van der Waals surface area contributed by atoms with Crippen LogP contribution in [0.5, 0.6) is 0 Å². The molecule has 1 heterocycles. The maximum atomic E-state index is 12.3. The van der Waals surface area contributed by atoms with E-state index in [0.29, 0.717) is 6.61 Å². The van der Waals surface area contributed by atoms with Crippen molar-refractivity contribution >= 4 is 22.6 Å². The highest BCUT2D eigenvalue weighted by Gasteiger charge is 2.34. The summed E-state index contributed by atoms with van der Waals surface area (Å²) in [6.45, 7) is 1.39. The highest BCUT2D eigenvalue weighted by molar-refractivity contribution is 5.93. The molecule has 6 heteroatoms. The van der Waals surface area contributed by atoms with Crippen molar-refractivity contribution < 1.29 is 14.6 Å². The number of nitrogens with zero attached hydrogens (tertiary/aromatic N) is 1. The Hall–Kier alpha value is -2.05. The van der Waals surface area contributed by atoms with E-state index < -0.39 is 5.54 Å². The summed E-state index contributed by atoms with van der Waals surface area (Å²) in [6.07, 6.45) is 5.76. The van der Waals surface area contributed by atoms with E-state index in [1.54, 1.807) is 7.11 Å². The minimum absolute atomic E-state index is 0.0146. The molecule has 0 bridgehead atoms. The number of aliphatic hydroxyl groups excluding tert-OH is 1. The van der Waals surface area contributed by atoms with E-state index in [-0.39, 0.29) is 12.6 Å². The summed E-state index contributed by atoms with van der Waals surface area (Å²) in [4.78, 5) is 12.3. The second-order valence-electron chi connectivity index (χ2n) is 6.50. The maximum absolute atomic E-state index is 12.3. The smallest absolute Gasteiger partial charge is 0.319 e. The normalized spacial score (nSPS) is 16.4. The number of hydrogen-bond donors (Lipinski definition) is 3. The number of aliphatic hydroxyl groups is 1. The Kier molecular flexibility index (Phi) is 5.06. The Labute approximate surface area is 141 Å².